The molecule has 78 valence electrons. The van der Waals surface area contributed by atoms with Crippen LogP contribution in [0.5, 0.6) is 0 Å². The van der Waals surface area contributed by atoms with E-state index in [0.717, 1.165) is 0 Å². The molecular weight excluding hydrogens is 260 g/mol. The van der Waals surface area contributed by atoms with E-state index in [2.05, 4.69) is 49.4 Å². The summed E-state index contributed by atoms with van der Waals surface area (Å²) in [7, 11) is -2.48. The summed E-state index contributed by atoms with van der Waals surface area (Å²) in [5, 5.41) is 0. The molecule has 13 heavy (non-hydrogen) atoms. The Hall–Kier alpha value is 0.874. The normalized spacial score (nSPS) is 37.4. The van der Waals surface area contributed by atoms with E-state index < -0.39 is 15.4 Å². The van der Waals surface area contributed by atoms with Crippen molar-refractivity contribution in [3.8, 4) is 0 Å². The minimum Gasteiger partial charge on any atom is -0.415 e. The van der Waals surface area contributed by atoms with Gasteiger partial charge in [-0.2, -0.15) is 0 Å². The number of hydrogen-bond donors (Lipinski definition) is 0. The second-order valence-corrected chi connectivity index (χ2v) is 21.6. The summed E-state index contributed by atoms with van der Waals surface area (Å²) in [6, 6.07) is 1.43. The molecule has 1 aliphatic rings. The van der Waals surface area contributed by atoms with Crippen molar-refractivity contribution < 1.29 is 4.43 Å². The van der Waals surface area contributed by atoms with Gasteiger partial charge in [-0.05, 0) is 38.3 Å². The van der Waals surface area contributed by atoms with Gasteiger partial charge in [0.15, 0.2) is 7.83 Å². The Morgan fingerprint density at radius 2 is 1.85 bits per heavy atom. The molecule has 1 atom stereocenters. The van der Waals surface area contributed by atoms with Crippen LogP contribution in [0.15, 0.2) is 0 Å². The number of halogens is 1. The molecule has 1 saturated heterocycles. The van der Waals surface area contributed by atoms with Crippen LogP contribution in [0.2, 0.25) is 25.7 Å². The van der Waals surface area contributed by atoms with E-state index in [4.69, 9.17) is 4.43 Å². The van der Waals surface area contributed by atoms with Gasteiger partial charge < -0.3 is 4.43 Å². The van der Waals surface area contributed by atoms with E-state index >= 15 is 0 Å². The highest BCUT2D eigenvalue weighted by atomic mass is 79.9. The third-order valence-electron chi connectivity index (χ3n) is 3.56. The quantitative estimate of drug-likeness (QED) is 0.528. The van der Waals surface area contributed by atoms with Gasteiger partial charge in [0, 0.05) is 0 Å². The zero-order valence-corrected chi connectivity index (χ0v) is 13.0. The smallest absolute Gasteiger partial charge is 0.175 e. The lowest BCUT2D eigenvalue weighted by molar-refractivity contribution is 0.0933. The Labute approximate surface area is 92.3 Å². The molecule has 1 heterocycles. The van der Waals surface area contributed by atoms with Gasteiger partial charge in [-0.3, -0.25) is 0 Å². The number of alkyl halides is 1. The topological polar surface area (TPSA) is 9.23 Å². The highest BCUT2D eigenvalue weighted by Crippen LogP contribution is 2.39. The highest BCUT2D eigenvalue weighted by Gasteiger charge is 2.52. The third-order valence-corrected chi connectivity index (χ3v) is 25.0. The zero-order chi connectivity index (χ0) is 10.3. The first-order valence-corrected chi connectivity index (χ1v) is 12.9. The Morgan fingerprint density at radius 1 is 1.31 bits per heavy atom. The van der Waals surface area contributed by atoms with Gasteiger partial charge in [-0.25, -0.2) is 0 Å². The van der Waals surface area contributed by atoms with Crippen molar-refractivity contribution >= 4 is 31.4 Å². The van der Waals surface area contributed by atoms with Crippen molar-refractivity contribution in [2.24, 2.45) is 0 Å². The van der Waals surface area contributed by atoms with Crippen LogP contribution >= 0.6 is 15.9 Å². The first kappa shape index (κ1) is 11.9. The molecule has 0 spiro atoms. The lowest BCUT2D eigenvalue weighted by Crippen LogP contribution is -2.66. The Balaban J connectivity index is 2.85. The minimum absolute atomic E-state index is 0.143. The van der Waals surface area contributed by atoms with E-state index in [0.29, 0.717) is 0 Å². The van der Waals surface area contributed by atoms with Gasteiger partial charge in [-0.1, -0.05) is 28.5 Å². The van der Waals surface area contributed by atoms with Crippen LogP contribution < -0.4 is 0 Å². The molecule has 4 heteroatoms. The lowest BCUT2D eigenvalue weighted by Gasteiger charge is -2.50. The summed E-state index contributed by atoms with van der Waals surface area (Å²) in [5.74, 6) is 0. The van der Waals surface area contributed by atoms with Gasteiger partial charge in [-0.15, -0.1) is 0 Å². The van der Waals surface area contributed by atoms with Gasteiger partial charge in [0.25, 0.3) is 0 Å². The predicted octanol–water partition coefficient (Wildman–Crippen LogP) is 3.48. The van der Waals surface area contributed by atoms with E-state index in [9.17, 15) is 0 Å². The van der Waals surface area contributed by atoms with Crippen molar-refractivity contribution in [3.05, 3.63) is 0 Å². The van der Waals surface area contributed by atoms with Crippen molar-refractivity contribution in [2.75, 3.05) is 4.95 Å². The largest absolute Gasteiger partial charge is 0.415 e. The Morgan fingerprint density at radius 3 is 2.23 bits per heavy atom. The van der Waals surface area contributed by atoms with Crippen molar-refractivity contribution in [1.82, 2.24) is 0 Å². The van der Waals surface area contributed by atoms with Crippen molar-refractivity contribution in [2.45, 2.75) is 51.6 Å². The van der Waals surface area contributed by atoms with Gasteiger partial charge in [0.2, 0.25) is 0 Å². The SMILES string of the molecule is CC1(C)CC[Si](C)(CBr)[Si](C)(C)O1. The second kappa shape index (κ2) is 3.47. The van der Waals surface area contributed by atoms with E-state index in [1.54, 1.807) is 0 Å². The van der Waals surface area contributed by atoms with Crippen LogP contribution in [0.25, 0.3) is 0 Å². The average Bonchev–Trinajstić information content (AvgIpc) is 1.96. The first-order chi connectivity index (χ1) is 5.72. The molecule has 1 unspecified atom stereocenters. The summed E-state index contributed by atoms with van der Waals surface area (Å²) in [6.45, 7) is 11.8. The van der Waals surface area contributed by atoms with Crippen molar-refractivity contribution in [1.29, 1.82) is 0 Å². The first-order valence-electron chi connectivity index (χ1n) is 4.99. The fourth-order valence-corrected chi connectivity index (χ4v) is 17.5. The lowest BCUT2D eigenvalue weighted by atomic mass is 10.1. The molecule has 1 aliphatic heterocycles. The number of hydrogen-bond acceptors (Lipinski definition) is 1. The van der Waals surface area contributed by atoms with E-state index in [1.807, 2.05) is 0 Å². The average molecular weight is 281 g/mol. The summed E-state index contributed by atoms with van der Waals surface area (Å²) in [5.41, 5.74) is 0.143. The fourth-order valence-electron chi connectivity index (χ4n) is 1.97. The molecular formula is C9H21BrOSi2. The summed E-state index contributed by atoms with van der Waals surface area (Å²) < 4.78 is 6.34. The summed E-state index contributed by atoms with van der Waals surface area (Å²) in [4.78, 5) is 1.22. The van der Waals surface area contributed by atoms with Crippen LogP contribution in [0.3, 0.4) is 0 Å². The summed E-state index contributed by atoms with van der Waals surface area (Å²) in [6.07, 6.45) is 1.25. The molecule has 1 fully saturated rings. The zero-order valence-electron chi connectivity index (χ0n) is 9.41. The van der Waals surface area contributed by atoms with Gasteiger partial charge in [0.1, 0.15) is 0 Å². The van der Waals surface area contributed by atoms with Crippen molar-refractivity contribution in [3.63, 3.8) is 0 Å². The third kappa shape index (κ3) is 2.27. The van der Waals surface area contributed by atoms with Gasteiger partial charge in [0.05, 0.1) is 13.2 Å². The molecule has 0 bridgehead atoms. The molecule has 1 nitrogen and oxygen atoms in total. The number of rotatable bonds is 1. The monoisotopic (exact) mass is 280 g/mol. The maximum atomic E-state index is 6.34. The van der Waals surface area contributed by atoms with Crippen LogP contribution in [0, 0.1) is 0 Å². The molecule has 0 aromatic heterocycles. The standard InChI is InChI=1S/C9H21BrOSi2/c1-9(2)6-7-13(5,8-10)12(3,4)11-9/h6-8H2,1-5H3. The van der Waals surface area contributed by atoms with Crippen LogP contribution in [-0.2, 0) is 4.43 Å². The molecule has 0 amide bonds. The minimum atomic E-state index is -1.39. The highest BCUT2D eigenvalue weighted by molar-refractivity contribution is 9.09. The summed E-state index contributed by atoms with van der Waals surface area (Å²) >= 11 is 3.70. The predicted molar refractivity (Wildman–Crippen MR) is 67.5 cm³/mol. The van der Waals surface area contributed by atoms with E-state index in [-0.39, 0.29) is 5.60 Å². The van der Waals surface area contributed by atoms with E-state index in [1.165, 1.54) is 17.4 Å². The molecule has 0 aliphatic carbocycles. The molecule has 0 saturated carbocycles. The molecule has 0 aromatic rings. The molecule has 1 rings (SSSR count). The maximum Gasteiger partial charge on any atom is 0.175 e. The van der Waals surface area contributed by atoms with Crippen LogP contribution in [0.1, 0.15) is 20.3 Å². The molecule has 0 N–H and O–H groups in total. The second-order valence-electron chi connectivity index (χ2n) is 5.57. The molecule has 0 radical (unpaired) electrons. The Bertz CT molecular complexity index is 206. The Kier molecular flexibility index (Phi) is 3.19. The molecule has 0 aromatic carbocycles. The fraction of sp³-hybridized carbons (Fsp3) is 1.00. The maximum absolute atomic E-state index is 6.34. The van der Waals surface area contributed by atoms with Crippen LogP contribution in [0.4, 0.5) is 0 Å². The van der Waals surface area contributed by atoms with Crippen LogP contribution in [-0.4, -0.2) is 26.0 Å². The van der Waals surface area contributed by atoms with Gasteiger partial charge >= 0.3 is 0 Å².